The molecule has 0 aliphatic heterocycles. The zero-order valence-corrected chi connectivity index (χ0v) is 13.5. The summed E-state index contributed by atoms with van der Waals surface area (Å²) in [5.41, 5.74) is 0.485. The molecule has 1 rings (SSSR count). The van der Waals surface area contributed by atoms with Crippen LogP contribution in [0.4, 0.5) is 5.69 Å². The summed E-state index contributed by atoms with van der Waals surface area (Å²) in [6.45, 7) is 7.26. The van der Waals surface area contributed by atoms with Crippen LogP contribution in [0, 0.1) is 5.41 Å². The highest BCUT2D eigenvalue weighted by Crippen LogP contribution is 2.23. The van der Waals surface area contributed by atoms with E-state index in [4.69, 9.17) is 16.7 Å². The number of anilines is 1. The molecule has 0 aliphatic carbocycles. The summed E-state index contributed by atoms with van der Waals surface area (Å²) >= 11 is 5.97. The molecule has 21 heavy (non-hydrogen) atoms. The normalized spacial score (nSPS) is 11.5. The van der Waals surface area contributed by atoms with Crippen molar-refractivity contribution in [2.24, 2.45) is 5.41 Å². The van der Waals surface area contributed by atoms with Crippen LogP contribution in [0.15, 0.2) is 18.2 Å². The number of amides is 1. The van der Waals surface area contributed by atoms with E-state index in [2.05, 4.69) is 26.1 Å². The van der Waals surface area contributed by atoms with E-state index in [1.165, 1.54) is 18.2 Å². The molecule has 1 aromatic carbocycles. The Labute approximate surface area is 129 Å². The highest BCUT2D eigenvalue weighted by molar-refractivity contribution is 6.33. The zero-order chi connectivity index (χ0) is 16.2. The SMILES string of the molecule is CN(CC(=O)Nc1cc(C(=O)O)ccc1Cl)CC(C)(C)C. The summed E-state index contributed by atoms with van der Waals surface area (Å²) in [5, 5.41) is 11.9. The summed E-state index contributed by atoms with van der Waals surface area (Å²) in [6.07, 6.45) is 0. The maximum absolute atomic E-state index is 12.0. The number of nitrogens with one attached hydrogen (secondary N) is 1. The number of halogens is 1. The minimum Gasteiger partial charge on any atom is -0.478 e. The lowest BCUT2D eigenvalue weighted by atomic mass is 9.96. The topological polar surface area (TPSA) is 69.6 Å². The monoisotopic (exact) mass is 312 g/mol. The number of carbonyl (C=O) groups excluding carboxylic acids is 1. The molecule has 0 atom stereocenters. The molecule has 0 spiro atoms. The summed E-state index contributed by atoms with van der Waals surface area (Å²) < 4.78 is 0. The molecule has 0 saturated heterocycles. The molecular weight excluding hydrogens is 292 g/mol. The predicted molar refractivity (Wildman–Crippen MR) is 84.0 cm³/mol. The highest BCUT2D eigenvalue weighted by atomic mass is 35.5. The van der Waals surface area contributed by atoms with Crippen LogP contribution in [0.3, 0.4) is 0 Å². The molecule has 1 amide bonds. The van der Waals surface area contributed by atoms with Crippen molar-refractivity contribution < 1.29 is 14.7 Å². The molecular formula is C15H21ClN2O3. The number of benzene rings is 1. The van der Waals surface area contributed by atoms with Gasteiger partial charge in [-0.3, -0.25) is 9.69 Å². The second-order valence-corrected chi connectivity index (χ2v) is 6.69. The lowest BCUT2D eigenvalue weighted by molar-refractivity contribution is -0.117. The number of hydrogen-bond donors (Lipinski definition) is 2. The van der Waals surface area contributed by atoms with Crippen LogP contribution in [0.2, 0.25) is 5.02 Å². The Balaban J connectivity index is 2.71. The third-order valence-corrected chi connectivity index (χ3v) is 2.97. The first-order chi connectivity index (χ1) is 9.58. The number of likely N-dealkylation sites (N-methyl/N-ethyl adjacent to an activating group) is 1. The average Bonchev–Trinajstić information content (AvgIpc) is 2.28. The number of carbonyl (C=O) groups is 2. The van der Waals surface area contributed by atoms with E-state index >= 15 is 0 Å². The molecule has 0 unspecified atom stereocenters. The maximum atomic E-state index is 12.0. The van der Waals surface area contributed by atoms with Gasteiger partial charge in [-0.25, -0.2) is 4.79 Å². The number of hydrogen-bond acceptors (Lipinski definition) is 3. The molecule has 1 aromatic rings. The predicted octanol–water partition coefficient (Wildman–Crippen LogP) is 2.95. The van der Waals surface area contributed by atoms with Gasteiger partial charge in [-0.1, -0.05) is 32.4 Å². The van der Waals surface area contributed by atoms with Gasteiger partial charge in [0.2, 0.25) is 5.91 Å². The second-order valence-electron chi connectivity index (χ2n) is 6.28. The van der Waals surface area contributed by atoms with Crippen molar-refractivity contribution in [3.05, 3.63) is 28.8 Å². The van der Waals surface area contributed by atoms with Crippen molar-refractivity contribution in [2.45, 2.75) is 20.8 Å². The Morgan fingerprint density at radius 1 is 1.33 bits per heavy atom. The van der Waals surface area contributed by atoms with Crippen LogP contribution >= 0.6 is 11.6 Å². The minimum absolute atomic E-state index is 0.0812. The standard InChI is InChI=1S/C15H21ClN2O3/c1-15(2,3)9-18(4)8-13(19)17-12-7-10(14(20)21)5-6-11(12)16/h5-7H,8-9H2,1-4H3,(H,17,19)(H,20,21). The largest absolute Gasteiger partial charge is 0.478 e. The van der Waals surface area contributed by atoms with Crippen molar-refractivity contribution in [3.8, 4) is 0 Å². The first kappa shape index (κ1) is 17.5. The maximum Gasteiger partial charge on any atom is 0.335 e. The van der Waals surface area contributed by atoms with Gasteiger partial charge in [0.25, 0.3) is 0 Å². The smallest absolute Gasteiger partial charge is 0.335 e. The van der Waals surface area contributed by atoms with Crippen LogP contribution in [0.25, 0.3) is 0 Å². The first-order valence-electron chi connectivity index (χ1n) is 6.60. The van der Waals surface area contributed by atoms with E-state index in [0.717, 1.165) is 6.54 Å². The van der Waals surface area contributed by atoms with Crippen LogP contribution < -0.4 is 5.32 Å². The summed E-state index contributed by atoms with van der Waals surface area (Å²) in [4.78, 5) is 24.8. The zero-order valence-electron chi connectivity index (χ0n) is 12.7. The van der Waals surface area contributed by atoms with E-state index in [-0.39, 0.29) is 23.4 Å². The molecule has 0 bridgehead atoms. The third kappa shape index (κ3) is 6.14. The molecule has 6 heteroatoms. The molecule has 0 aliphatic rings. The van der Waals surface area contributed by atoms with Gasteiger partial charge >= 0.3 is 5.97 Å². The molecule has 116 valence electrons. The number of nitrogens with zero attached hydrogens (tertiary/aromatic N) is 1. The van der Waals surface area contributed by atoms with Gasteiger partial charge in [0.15, 0.2) is 0 Å². The lowest BCUT2D eigenvalue weighted by Gasteiger charge is -2.26. The quantitative estimate of drug-likeness (QED) is 0.877. The summed E-state index contributed by atoms with van der Waals surface area (Å²) in [6, 6.07) is 4.21. The Bertz CT molecular complexity index is 538. The first-order valence-corrected chi connectivity index (χ1v) is 6.97. The molecule has 0 fully saturated rings. The van der Waals surface area contributed by atoms with Crippen molar-refractivity contribution in [1.82, 2.24) is 4.90 Å². The third-order valence-electron chi connectivity index (χ3n) is 2.65. The van der Waals surface area contributed by atoms with Gasteiger partial charge in [0.1, 0.15) is 0 Å². The Morgan fingerprint density at radius 3 is 2.48 bits per heavy atom. The van der Waals surface area contributed by atoms with Gasteiger partial charge in [0.05, 0.1) is 22.8 Å². The molecule has 0 saturated carbocycles. The van der Waals surface area contributed by atoms with Crippen molar-refractivity contribution in [2.75, 3.05) is 25.5 Å². The molecule has 0 radical (unpaired) electrons. The molecule has 2 N–H and O–H groups in total. The number of rotatable bonds is 5. The van der Waals surface area contributed by atoms with E-state index in [9.17, 15) is 9.59 Å². The van der Waals surface area contributed by atoms with Crippen molar-refractivity contribution in [1.29, 1.82) is 0 Å². The fourth-order valence-corrected chi connectivity index (χ4v) is 2.22. The van der Waals surface area contributed by atoms with Gasteiger partial charge in [-0.2, -0.15) is 0 Å². The summed E-state index contributed by atoms with van der Waals surface area (Å²) in [5.74, 6) is -1.29. The molecule has 0 aromatic heterocycles. The highest BCUT2D eigenvalue weighted by Gasteiger charge is 2.16. The van der Waals surface area contributed by atoms with Crippen molar-refractivity contribution >= 4 is 29.2 Å². The minimum atomic E-state index is -1.06. The second kappa shape index (κ2) is 6.91. The fourth-order valence-electron chi connectivity index (χ4n) is 2.05. The van der Waals surface area contributed by atoms with E-state index in [1.807, 2.05) is 11.9 Å². The molecule has 0 heterocycles. The van der Waals surface area contributed by atoms with Crippen molar-refractivity contribution in [3.63, 3.8) is 0 Å². The fraction of sp³-hybridized carbons (Fsp3) is 0.467. The average molecular weight is 313 g/mol. The molecule has 5 nitrogen and oxygen atoms in total. The van der Waals surface area contributed by atoms with Gasteiger partial charge in [-0.15, -0.1) is 0 Å². The summed E-state index contributed by atoms with van der Waals surface area (Å²) in [7, 11) is 1.86. The Morgan fingerprint density at radius 2 is 1.95 bits per heavy atom. The number of aromatic carboxylic acids is 1. The Hall–Kier alpha value is -1.59. The van der Waals surface area contributed by atoms with Crippen LogP contribution in [0.1, 0.15) is 31.1 Å². The number of carboxylic acid groups (broad SMARTS) is 1. The number of carboxylic acids is 1. The van der Waals surface area contributed by atoms with Crippen LogP contribution in [-0.4, -0.2) is 42.0 Å². The van der Waals surface area contributed by atoms with Gasteiger partial charge < -0.3 is 10.4 Å². The van der Waals surface area contributed by atoms with Crippen LogP contribution in [0.5, 0.6) is 0 Å². The van der Waals surface area contributed by atoms with Gasteiger partial charge in [0, 0.05) is 6.54 Å². The van der Waals surface area contributed by atoms with E-state index in [0.29, 0.717) is 10.7 Å². The van der Waals surface area contributed by atoms with E-state index in [1.54, 1.807) is 0 Å². The Kier molecular flexibility index (Phi) is 5.75. The van der Waals surface area contributed by atoms with E-state index < -0.39 is 5.97 Å². The van der Waals surface area contributed by atoms with Crippen LogP contribution in [-0.2, 0) is 4.79 Å². The lowest BCUT2D eigenvalue weighted by Crippen LogP contribution is -2.35. The van der Waals surface area contributed by atoms with Gasteiger partial charge in [-0.05, 0) is 30.7 Å².